The zero-order chi connectivity index (χ0) is 22.0. The molecular formula is C23H25ClN4O3. The molecule has 0 aliphatic heterocycles. The first-order chi connectivity index (χ1) is 15.0. The van der Waals surface area contributed by atoms with Crippen LogP contribution >= 0.6 is 11.6 Å². The van der Waals surface area contributed by atoms with Gasteiger partial charge in [-0.2, -0.15) is 4.98 Å². The molecule has 2 heterocycles. The van der Waals surface area contributed by atoms with E-state index in [2.05, 4.69) is 15.3 Å². The molecule has 0 atom stereocenters. The first kappa shape index (κ1) is 21.3. The number of fused-ring (bicyclic) bond motifs is 1. The number of ether oxygens (including phenoxy) is 1. The number of aryl methyl sites for hydroxylation is 1. The molecule has 0 amide bonds. The minimum Gasteiger partial charge on any atom is -0.466 e. The van der Waals surface area contributed by atoms with Crippen molar-refractivity contribution in [3.8, 4) is 11.1 Å². The van der Waals surface area contributed by atoms with Gasteiger partial charge >= 0.3 is 5.97 Å². The van der Waals surface area contributed by atoms with Gasteiger partial charge in [0.1, 0.15) is 5.65 Å². The van der Waals surface area contributed by atoms with E-state index in [9.17, 15) is 9.59 Å². The normalized spacial score (nSPS) is 18.7. The fourth-order valence-electron chi connectivity index (χ4n) is 4.10. The summed E-state index contributed by atoms with van der Waals surface area (Å²) >= 11 is 6.30. The van der Waals surface area contributed by atoms with Gasteiger partial charge in [-0.25, -0.2) is 4.98 Å². The minimum atomic E-state index is -0.166. The molecule has 0 bridgehead atoms. The summed E-state index contributed by atoms with van der Waals surface area (Å²) < 4.78 is 6.66. The standard InChI is InChI=1S/C23H25ClN4O3/c1-3-31-22(30)14-8-10-16(11-9-14)26-23-25-13-15-12-18(17-6-4-5-7-19(17)24)21(29)28(2)20(15)27-23/h4-7,12-14,16H,3,8-11H2,1-2H3,(H,25,26,27). The highest BCUT2D eigenvalue weighted by Crippen LogP contribution is 2.29. The van der Waals surface area contributed by atoms with Crippen LogP contribution < -0.4 is 10.9 Å². The van der Waals surface area contributed by atoms with E-state index in [0.29, 0.717) is 34.4 Å². The zero-order valence-electron chi connectivity index (χ0n) is 17.6. The first-order valence-corrected chi connectivity index (χ1v) is 10.9. The lowest BCUT2D eigenvalue weighted by Crippen LogP contribution is -2.31. The Balaban J connectivity index is 1.55. The van der Waals surface area contributed by atoms with Gasteiger partial charge in [0.2, 0.25) is 5.95 Å². The summed E-state index contributed by atoms with van der Waals surface area (Å²) in [6.07, 6.45) is 4.97. The van der Waals surface area contributed by atoms with Crippen molar-refractivity contribution in [1.82, 2.24) is 14.5 Å². The fourth-order valence-corrected chi connectivity index (χ4v) is 4.34. The average Bonchev–Trinajstić information content (AvgIpc) is 2.78. The Labute approximate surface area is 185 Å². The van der Waals surface area contributed by atoms with Gasteiger partial charge in [-0.15, -0.1) is 0 Å². The van der Waals surface area contributed by atoms with E-state index in [1.165, 1.54) is 4.57 Å². The summed E-state index contributed by atoms with van der Waals surface area (Å²) in [6.45, 7) is 2.24. The third kappa shape index (κ3) is 4.42. The molecule has 0 spiro atoms. The quantitative estimate of drug-likeness (QED) is 0.599. The van der Waals surface area contributed by atoms with Gasteiger partial charge in [-0.1, -0.05) is 29.8 Å². The molecule has 3 aromatic rings. The fraction of sp³-hybridized carbons (Fsp3) is 0.391. The van der Waals surface area contributed by atoms with Crippen molar-refractivity contribution < 1.29 is 9.53 Å². The highest BCUT2D eigenvalue weighted by atomic mass is 35.5. The Hall–Kier alpha value is -2.93. The number of nitrogens with one attached hydrogen (secondary N) is 1. The average molecular weight is 441 g/mol. The molecule has 0 unspecified atom stereocenters. The Morgan fingerprint density at radius 3 is 2.68 bits per heavy atom. The number of carbonyl (C=O) groups is 1. The zero-order valence-corrected chi connectivity index (χ0v) is 18.4. The maximum atomic E-state index is 13.0. The van der Waals surface area contributed by atoms with Gasteiger partial charge in [-0.3, -0.25) is 14.2 Å². The molecule has 0 saturated heterocycles. The van der Waals surface area contributed by atoms with E-state index in [0.717, 1.165) is 31.1 Å². The van der Waals surface area contributed by atoms with Crippen molar-refractivity contribution in [2.75, 3.05) is 11.9 Å². The summed E-state index contributed by atoms with van der Waals surface area (Å²) in [7, 11) is 1.70. The summed E-state index contributed by atoms with van der Waals surface area (Å²) in [4.78, 5) is 33.9. The highest BCUT2D eigenvalue weighted by Gasteiger charge is 2.27. The van der Waals surface area contributed by atoms with Gasteiger partial charge < -0.3 is 10.1 Å². The lowest BCUT2D eigenvalue weighted by molar-refractivity contribution is -0.149. The molecule has 1 fully saturated rings. The number of benzene rings is 1. The number of pyridine rings is 1. The molecule has 1 N–H and O–H groups in total. The van der Waals surface area contributed by atoms with Crippen molar-refractivity contribution in [3.05, 3.63) is 51.9 Å². The van der Waals surface area contributed by atoms with Crippen LogP contribution in [0.4, 0.5) is 5.95 Å². The number of rotatable bonds is 5. The van der Waals surface area contributed by atoms with Gasteiger partial charge in [0.25, 0.3) is 5.56 Å². The lowest BCUT2D eigenvalue weighted by atomic mass is 9.86. The van der Waals surface area contributed by atoms with Crippen molar-refractivity contribution >= 4 is 34.6 Å². The van der Waals surface area contributed by atoms with E-state index in [4.69, 9.17) is 16.3 Å². The second-order valence-corrected chi connectivity index (χ2v) is 8.23. The van der Waals surface area contributed by atoms with Gasteiger partial charge in [0.05, 0.1) is 12.5 Å². The molecule has 2 aromatic heterocycles. The molecule has 4 rings (SSSR count). The smallest absolute Gasteiger partial charge is 0.308 e. The lowest BCUT2D eigenvalue weighted by Gasteiger charge is -2.27. The summed E-state index contributed by atoms with van der Waals surface area (Å²) in [6, 6.07) is 9.24. The molecule has 1 aromatic carbocycles. The Morgan fingerprint density at radius 1 is 1.23 bits per heavy atom. The minimum absolute atomic E-state index is 0.0282. The predicted molar refractivity (Wildman–Crippen MR) is 121 cm³/mol. The van der Waals surface area contributed by atoms with E-state index in [1.807, 2.05) is 25.1 Å². The number of esters is 1. The summed E-state index contributed by atoms with van der Waals surface area (Å²) in [5.41, 5.74) is 1.59. The number of nitrogens with zero attached hydrogens (tertiary/aromatic N) is 3. The largest absolute Gasteiger partial charge is 0.466 e. The number of hydrogen-bond acceptors (Lipinski definition) is 6. The highest BCUT2D eigenvalue weighted by molar-refractivity contribution is 6.33. The van der Waals surface area contributed by atoms with Crippen LogP contribution in [0.25, 0.3) is 22.2 Å². The van der Waals surface area contributed by atoms with Crippen LogP contribution in [-0.4, -0.2) is 33.2 Å². The van der Waals surface area contributed by atoms with Crippen LogP contribution in [0.2, 0.25) is 5.02 Å². The third-order valence-electron chi connectivity index (χ3n) is 5.79. The summed E-state index contributed by atoms with van der Waals surface area (Å²) in [5.74, 6) is 0.347. The third-order valence-corrected chi connectivity index (χ3v) is 6.12. The molecule has 0 radical (unpaired) electrons. The van der Waals surface area contributed by atoms with Crippen LogP contribution in [0.15, 0.2) is 41.3 Å². The van der Waals surface area contributed by atoms with Crippen LogP contribution in [0.3, 0.4) is 0 Å². The van der Waals surface area contributed by atoms with Crippen molar-refractivity contribution in [2.24, 2.45) is 13.0 Å². The van der Waals surface area contributed by atoms with Crippen LogP contribution in [0.5, 0.6) is 0 Å². The molecule has 8 heteroatoms. The van der Waals surface area contributed by atoms with Crippen LogP contribution in [-0.2, 0) is 16.6 Å². The van der Waals surface area contributed by atoms with E-state index < -0.39 is 0 Å². The topological polar surface area (TPSA) is 86.1 Å². The van der Waals surface area contributed by atoms with E-state index >= 15 is 0 Å². The molecule has 1 saturated carbocycles. The van der Waals surface area contributed by atoms with Gasteiger partial charge in [0, 0.05) is 40.8 Å². The number of anilines is 1. The maximum absolute atomic E-state index is 13.0. The number of hydrogen-bond donors (Lipinski definition) is 1. The maximum Gasteiger partial charge on any atom is 0.308 e. The second kappa shape index (κ2) is 9.06. The Morgan fingerprint density at radius 2 is 1.97 bits per heavy atom. The monoisotopic (exact) mass is 440 g/mol. The second-order valence-electron chi connectivity index (χ2n) is 7.82. The van der Waals surface area contributed by atoms with E-state index in [1.54, 1.807) is 25.4 Å². The molecule has 1 aliphatic carbocycles. The van der Waals surface area contributed by atoms with E-state index in [-0.39, 0.29) is 23.5 Å². The van der Waals surface area contributed by atoms with Crippen molar-refractivity contribution in [3.63, 3.8) is 0 Å². The van der Waals surface area contributed by atoms with Crippen molar-refractivity contribution in [1.29, 1.82) is 0 Å². The van der Waals surface area contributed by atoms with Crippen molar-refractivity contribution in [2.45, 2.75) is 38.6 Å². The Bertz CT molecular complexity index is 1170. The first-order valence-electron chi connectivity index (χ1n) is 10.5. The molecule has 162 valence electrons. The summed E-state index contributed by atoms with van der Waals surface area (Å²) in [5, 5.41) is 4.64. The number of aromatic nitrogens is 3. The van der Waals surface area contributed by atoms with Gasteiger partial charge in [-0.05, 0) is 44.7 Å². The number of carbonyl (C=O) groups excluding carboxylic acids is 1. The van der Waals surface area contributed by atoms with Gasteiger partial charge in [0.15, 0.2) is 0 Å². The SMILES string of the molecule is CCOC(=O)C1CCC(Nc2ncc3cc(-c4ccccc4Cl)c(=O)n(C)c3n2)CC1. The van der Waals surface area contributed by atoms with Crippen LogP contribution in [0, 0.1) is 5.92 Å². The number of halogens is 1. The molecule has 1 aliphatic rings. The molecule has 7 nitrogen and oxygen atoms in total. The molecule has 31 heavy (non-hydrogen) atoms. The van der Waals surface area contributed by atoms with Crippen LogP contribution in [0.1, 0.15) is 32.6 Å². The Kier molecular flexibility index (Phi) is 6.23. The predicted octanol–water partition coefficient (Wildman–Crippen LogP) is 4.18. The molecular weight excluding hydrogens is 416 g/mol.